The minimum atomic E-state index is -0.144. The topological polar surface area (TPSA) is 3.24 Å². The third-order valence-electron chi connectivity index (χ3n) is 3.60. The summed E-state index contributed by atoms with van der Waals surface area (Å²) in [6.07, 6.45) is 4.16. The van der Waals surface area contributed by atoms with Crippen molar-refractivity contribution in [1.29, 1.82) is 0 Å². The molecule has 0 amide bonds. The maximum absolute atomic E-state index is 14.0. The Labute approximate surface area is 113 Å². The molecule has 0 unspecified atom stereocenters. The molecule has 96 valence electrons. The van der Waals surface area contributed by atoms with Gasteiger partial charge >= 0.3 is 0 Å². The van der Waals surface area contributed by atoms with Gasteiger partial charge in [0.25, 0.3) is 0 Å². The first-order chi connectivity index (χ1) is 9.31. The van der Waals surface area contributed by atoms with Crippen LogP contribution in [0.3, 0.4) is 0 Å². The average Bonchev–Trinajstić information content (AvgIpc) is 2.46. The van der Waals surface area contributed by atoms with E-state index in [0.29, 0.717) is 0 Å². The first-order valence-corrected chi connectivity index (χ1v) is 6.59. The molecule has 2 aromatic carbocycles. The average molecular weight is 253 g/mol. The number of halogens is 1. The second-order valence-corrected chi connectivity index (χ2v) is 4.67. The molecule has 1 aliphatic heterocycles. The van der Waals surface area contributed by atoms with Crippen molar-refractivity contribution >= 4 is 11.8 Å². The Bertz CT molecular complexity index is 618. The molecule has 1 heterocycles. The maximum Gasteiger partial charge on any atom is 0.128 e. The molecule has 1 atom stereocenters. The summed E-state index contributed by atoms with van der Waals surface area (Å²) >= 11 is 0. The number of likely N-dealkylation sites (N-methyl/N-ethyl adjacent to an activating group) is 1. The van der Waals surface area contributed by atoms with Gasteiger partial charge in [-0.05, 0) is 24.6 Å². The molecule has 0 saturated heterocycles. The van der Waals surface area contributed by atoms with Crippen molar-refractivity contribution < 1.29 is 4.39 Å². The van der Waals surface area contributed by atoms with Crippen LogP contribution in [0.5, 0.6) is 0 Å². The van der Waals surface area contributed by atoms with Gasteiger partial charge in [0.1, 0.15) is 5.82 Å². The summed E-state index contributed by atoms with van der Waals surface area (Å²) in [5.74, 6) is -0.144. The molecule has 0 fully saturated rings. The van der Waals surface area contributed by atoms with Crippen LogP contribution in [-0.2, 0) is 0 Å². The van der Waals surface area contributed by atoms with Gasteiger partial charge < -0.3 is 4.90 Å². The van der Waals surface area contributed by atoms with Crippen LogP contribution in [0.2, 0.25) is 0 Å². The van der Waals surface area contributed by atoms with Crippen molar-refractivity contribution in [2.24, 2.45) is 0 Å². The fraction of sp³-hybridized carbons (Fsp3) is 0.176. The predicted molar refractivity (Wildman–Crippen MR) is 77.6 cm³/mol. The Morgan fingerprint density at radius 1 is 1.05 bits per heavy atom. The van der Waals surface area contributed by atoms with Gasteiger partial charge in [-0.2, -0.15) is 0 Å². The van der Waals surface area contributed by atoms with E-state index in [-0.39, 0.29) is 11.9 Å². The monoisotopic (exact) mass is 253 g/mol. The lowest BCUT2D eigenvalue weighted by molar-refractivity contribution is 0.591. The second kappa shape index (κ2) is 4.88. The summed E-state index contributed by atoms with van der Waals surface area (Å²) in [6.45, 7) is 2.95. The van der Waals surface area contributed by atoms with E-state index in [9.17, 15) is 4.39 Å². The lowest BCUT2D eigenvalue weighted by Crippen LogP contribution is -2.30. The fourth-order valence-electron chi connectivity index (χ4n) is 2.69. The molecule has 1 aliphatic rings. The van der Waals surface area contributed by atoms with Crippen molar-refractivity contribution in [2.75, 3.05) is 11.4 Å². The van der Waals surface area contributed by atoms with Crippen LogP contribution in [0.1, 0.15) is 24.1 Å². The number of anilines is 1. The van der Waals surface area contributed by atoms with Crippen molar-refractivity contribution in [2.45, 2.75) is 13.0 Å². The summed E-state index contributed by atoms with van der Waals surface area (Å²) in [5.41, 5.74) is 3.09. The van der Waals surface area contributed by atoms with Gasteiger partial charge in [-0.3, -0.25) is 0 Å². The Balaban J connectivity index is 2.08. The highest BCUT2D eigenvalue weighted by atomic mass is 19.1. The summed E-state index contributed by atoms with van der Waals surface area (Å²) in [7, 11) is 0. The second-order valence-electron chi connectivity index (χ2n) is 4.67. The Morgan fingerprint density at radius 2 is 1.79 bits per heavy atom. The molecule has 19 heavy (non-hydrogen) atoms. The molecule has 0 bridgehead atoms. The van der Waals surface area contributed by atoms with Crippen LogP contribution in [0.25, 0.3) is 6.08 Å². The van der Waals surface area contributed by atoms with Gasteiger partial charge in [0.15, 0.2) is 0 Å². The minimum absolute atomic E-state index is 0.0268. The van der Waals surface area contributed by atoms with Crippen LogP contribution >= 0.6 is 0 Å². The molecule has 2 heteroatoms. The van der Waals surface area contributed by atoms with Crippen molar-refractivity contribution in [3.05, 3.63) is 71.6 Å². The molecule has 0 aliphatic carbocycles. The molecule has 0 radical (unpaired) electrons. The van der Waals surface area contributed by atoms with Gasteiger partial charge in [0, 0.05) is 17.8 Å². The molecule has 0 saturated carbocycles. The molecule has 3 rings (SSSR count). The third kappa shape index (κ3) is 2.03. The van der Waals surface area contributed by atoms with E-state index < -0.39 is 0 Å². The molecular weight excluding hydrogens is 237 g/mol. The zero-order chi connectivity index (χ0) is 13.2. The normalized spacial score (nSPS) is 17.4. The highest BCUT2D eigenvalue weighted by molar-refractivity contribution is 5.72. The largest absolute Gasteiger partial charge is 0.361 e. The van der Waals surface area contributed by atoms with E-state index in [1.165, 1.54) is 17.3 Å². The van der Waals surface area contributed by atoms with E-state index >= 15 is 0 Å². The predicted octanol–water partition coefficient (Wildman–Crippen LogP) is 4.42. The van der Waals surface area contributed by atoms with E-state index in [1.807, 2.05) is 24.3 Å². The summed E-state index contributed by atoms with van der Waals surface area (Å²) < 4.78 is 14.0. The SMILES string of the molecule is CCN1c2ccccc2C=C[C@@H]1c1ccccc1F. The van der Waals surface area contributed by atoms with Gasteiger partial charge in [0.05, 0.1) is 6.04 Å². The molecule has 2 aromatic rings. The number of benzene rings is 2. The number of nitrogens with zero attached hydrogens (tertiary/aromatic N) is 1. The van der Waals surface area contributed by atoms with E-state index in [2.05, 4.69) is 36.1 Å². The van der Waals surface area contributed by atoms with Crippen LogP contribution in [0, 0.1) is 5.82 Å². The van der Waals surface area contributed by atoms with E-state index in [1.54, 1.807) is 6.07 Å². The van der Waals surface area contributed by atoms with Crippen LogP contribution < -0.4 is 4.90 Å². The van der Waals surface area contributed by atoms with Crippen LogP contribution in [-0.4, -0.2) is 6.54 Å². The minimum Gasteiger partial charge on any atom is -0.361 e. The summed E-state index contributed by atoms with van der Waals surface area (Å²) in [5, 5.41) is 0. The lowest BCUT2D eigenvalue weighted by Gasteiger charge is -2.35. The standard InChI is InChI=1S/C17H16FN/c1-2-19-16-10-6-3-7-13(16)11-12-17(19)14-8-4-5-9-15(14)18/h3-12,17H,2H2,1H3/t17-/m1/s1. The summed E-state index contributed by atoms with van der Waals surface area (Å²) in [6, 6.07) is 15.2. The molecule has 0 aromatic heterocycles. The summed E-state index contributed by atoms with van der Waals surface area (Å²) in [4.78, 5) is 2.23. The van der Waals surface area contributed by atoms with Gasteiger partial charge in [-0.15, -0.1) is 0 Å². The Morgan fingerprint density at radius 3 is 2.58 bits per heavy atom. The van der Waals surface area contributed by atoms with Crippen molar-refractivity contribution in [3.63, 3.8) is 0 Å². The van der Waals surface area contributed by atoms with Gasteiger partial charge in [0.2, 0.25) is 0 Å². The molecule has 0 N–H and O–H groups in total. The molecule has 1 nitrogen and oxygen atoms in total. The van der Waals surface area contributed by atoms with Crippen LogP contribution in [0.4, 0.5) is 10.1 Å². The highest BCUT2D eigenvalue weighted by Crippen LogP contribution is 2.36. The Kier molecular flexibility index (Phi) is 3.08. The number of fused-ring (bicyclic) bond motifs is 1. The van der Waals surface area contributed by atoms with E-state index in [0.717, 1.165) is 12.1 Å². The zero-order valence-corrected chi connectivity index (χ0v) is 10.9. The zero-order valence-electron chi connectivity index (χ0n) is 10.9. The van der Waals surface area contributed by atoms with Crippen molar-refractivity contribution in [1.82, 2.24) is 0 Å². The number of rotatable bonds is 2. The van der Waals surface area contributed by atoms with Gasteiger partial charge in [-0.25, -0.2) is 4.39 Å². The van der Waals surface area contributed by atoms with Gasteiger partial charge in [-0.1, -0.05) is 48.6 Å². The maximum atomic E-state index is 14.0. The highest BCUT2D eigenvalue weighted by Gasteiger charge is 2.24. The van der Waals surface area contributed by atoms with E-state index in [4.69, 9.17) is 0 Å². The Hall–Kier alpha value is -2.09. The smallest absolute Gasteiger partial charge is 0.128 e. The quantitative estimate of drug-likeness (QED) is 0.765. The number of para-hydroxylation sites is 1. The fourth-order valence-corrected chi connectivity index (χ4v) is 2.69. The third-order valence-corrected chi connectivity index (χ3v) is 3.60. The first kappa shape index (κ1) is 12.0. The number of hydrogen-bond donors (Lipinski definition) is 0. The van der Waals surface area contributed by atoms with Crippen LogP contribution in [0.15, 0.2) is 54.6 Å². The number of hydrogen-bond acceptors (Lipinski definition) is 1. The first-order valence-electron chi connectivity index (χ1n) is 6.59. The molecular formula is C17H16FN. The lowest BCUT2D eigenvalue weighted by atomic mass is 9.97. The van der Waals surface area contributed by atoms with Crippen molar-refractivity contribution in [3.8, 4) is 0 Å². The molecule has 0 spiro atoms.